The summed E-state index contributed by atoms with van der Waals surface area (Å²) >= 11 is 0. The Hall–Kier alpha value is -0.770. The Labute approximate surface area is 123 Å². The van der Waals surface area contributed by atoms with Gasteiger partial charge >= 0.3 is 6.09 Å². The predicted octanol–water partition coefficient (Wildman–Crippen LogP) is 3.35. The zero-order valence-electron chi connectivity index (χ0n) is 13.2. The first-order valence-corrected chi connectivity index (χ1v) is 8.18. The monoisotopic (exact) mass is 282 g/mol. The number of ether oxygens (including phenoxy) is 1. The van der Waals surface area contributed by atoms with Crippen LogP contribution in [0, 0.1) is 0 Å². The van der Waals surface area contributed by atoms with Gasteiger partial charge in [0.25, 0.3) is 0 Å². The molecule has 0 unspecified atom stereocenters. The van der Waals surface area contributed by atoms with E-state index in [-0.39, 0.29) is 12.1 Å². The van der Waals surface area contributed by atoms with Crippen molar-refractivity contribution in [3.8, 4) is 0 Å². The van der Waals surface area contributed by atoms with E-state index in [2.05, 4.69) is 10.6 Å². The summed E-state index contributed by atoms with van der Waals surface area (Å²) in [6.07, 6.45) is 9.95. The summed E-state index contributed by atoms with van der Waals surface area (Å²) in [5, 5.41) is 6.71. The molecule has 1 amide bonds. The van der Waals surface area contributed by atoms with Gasteiger partial charge in [0.1, 0.15) is 5.60 Å². The van der Waals surface area contributed by atoms with Gasteiger partial charge in [-0.2, -0.15) is 0 Å². The van der Waals surface area contributed by atoms with E-state index < -0.39 is 5.60 Å². The summed E-state index contributed by atoms with van der Waals surface area (Å²) in [5.74, 6) is 0. The number of hydrogen-bond donors (Lipinski definition) is 2. The second-order valence-electron chi connectivity index (χ2n) is 7.37. The zero-order chi connectivity index (χ0) is 14.6. The molecule has 2 rings (SSSR count). The molecule has 0 aromatic heterocycles. The standard InChI is InChI=1S/C16H30N2O2/c1-16(2,3)20-15(19)18-14-10-13(11-14)17-12-8-6-4-5-7-9-12/h12-14,17H,4-11H2,1-3H3,(H,18,19). The van der Waals surface area contributed by atoms with Crippen LogP contribution in [0.4, 0.5) is 4.79 Å². The molecule has 0 aliphatic heterocycles. The molecule has 2 aliphatic carbocycles. The molecule has 2 N–H and O–H groups in total. The van der Waals surface area contributed by atoms with E-state index in [0.717, 1.165) is 12.8 Å². The van der Waals surface area contributed by atoms with Crippen molar-refractivity contribution in [3.05, 3.63) is 0 Å². The van der Waals surface area contributed by atoms with Gasteiger partial charge in [0, 0.05) is 18.1 Å². The molecule has 0 saturated heterocycles. The van der Waals surface area contributed by atoms with Crippen molar-refractivity contribution < 1.29 is 9.53 Å². The van der Waals surface area contributed by atoms with Crippen molar-refractivity contribution in [1.29, 1.82) is 0 Å². The van der Waals surface area contributed by atoms with Crippen LogP contribution in [0.5, 0.6) is 0 Å². The highest BCUT2D eigenvalue weighted by Crippen LogP contribution is 2.24. The van der Waals surface area contributed by atoms with E-state index in [9.17, 15) is 4.79 Å². The Morgan fingerprint density at radius 2 is 1.55 bits per heavy atom. The molecule has 2 fully saturated rings. The van der Waals surface area contributed by atoms with Crippen LogP contribution < -0.4 is 10.6 Å². The van der Waals surface area contributed by atoms with Gasteiger partial charge in [-0.25, -0.2) is 4.79 Å². The van der Waals surface area contributed by atoms with Crippen LogP contribution in [-0.2, 0) is 4.74 Å². The highest BCUT2D eigenvalue weighted by atomic mass is 16.6. The van der Waals surface area contributed by atoms with Gasteiger partial charge in [0.2, 0.25) is 0 Å². The third-order valence-corrected chi connectivity index (χ3v) is 4.19. The second-order valence-corrected chi connectivity index (χ2v) is 7.37. The third-order valence-electron chi connectivity index (χ3n) is 4.19. The largest absolute Gasteiger partial charge is 0.444 e. The van der Waals surface area contributed by atoms with E-state index in [1.165, 1.54) is 38.5 Å². The molecule has 20 heavy (non-hydrogen) atoms. The number of carbonyl (C=O) groups is 1. The van der Waals surface area contributed by atoms with Gasteiger partial charge < -0.3 is 15.4 Å². The Morgan fingerprint density at radius 1 is 0.950 bits per heavy atom. The first kappa shape index (κ1) is 15.6. The Morgan fingerprint density at radius 3 is 2.10 bits per heavy atom. The van der Waals surface area contributed by atoms with Gasteiger partial charge in [-0.3, -0.25) is 0 Å². The highest BCUT2D eigenvalue weighted by Gasteiger charge is 2.32. The number of hydrogen-bond acceptors (Lipinski definition) is 3. The summed E-state index contributed by atoms with van der Waals surface area (Å²) in [4.78, 5) is 11.7. The van der Waals surface area contributed by atoms with Crippen molar-refractivity contribution in [1.82, 2.24) is 10.6 Å². The summed E-state index contributed by atoms with van der Waals surface area (Å²) < 4.78 is 5.28. The third kappa shape index (κ3) is 5.31. The quantitative estimate of drug-likeness (QED) is 0.780. The van der Waals surface area contributed by atoms with Gasteiger partial charge in [0.15, 0.2) is 0 Å². The molecule has 0 atom stereocenters. The molecule has 0 bridgehead atoms. The molecule has 0 radical (unpaired) electrons. The molecule has 2 aliphatic rings. The van der Waals surface area contributed by atoms with E-state index >= 15 is 0 Å². The highest BCUT2D eigenvalue weighted by molar-refractivity contribution is 5.68. The van der Waals surface area contributed by atoms with Crippen molar-refractivity contribution in [2.75, 3.05) is 0 Å². The van der Waals surface area contributed by atoms with Gasteiger partial charge in [-0.15, -0.1) is 0 Å². The van der Waals surface area contributed by atoms with Gasteiger partial charge in [-0.1, -0.05) is 25.7 Å². The lowest BCUT2D eigenvalue weighted by Gasteiger charge is -2.39. The number of alkyl carbamates (subject to hydrolysis) is 1. The van der Waals surface area contributed by atoms with E-state index in [4.69, 9.17) is 4.74 Å². The minimum absolute atomic E-state index is 0.282. The fourth-order valence-electron chi connectivity index (χ4n) is 3.13. The van der Waals surface area contributed by atoms with E-state index in [1.807, 2.05) is 20.8 Å². The van der Waals surface area contributed by atoms with Gasteiger partial charge in [0.05, 0.1) is 0 Å². The van der Waals surface area contributed by atoms with Crippen LogP contribution in [0.3, 0.4) is 0 Å². The molecule has 0 spiro atoms. The fraction of sp³-hybridized carbons (Fsp3) is 0.938. The lowest BCUT2D eigenvalue weighted by Crippen LogP contribution is -2.55. The predicted molar refractivity (Wildman–Crippen MR) is 80.8 cm³/mol. The summed E-state index contributed by atoms with van der Waals surface area (Å²) in [6.45, 7) is 5.68. The number of nitrogens with one attached hydrogen (secondary N) is 2. The Kier molecular flexibility index (Phi) is 5.30. The average molecular weight is 282 g/mol. The lowest BCUT2D eigenvalue weighted by molar-refractivity contribution is 0.0462. The summed E-state index contributed by atoms with van der Waals surface area (Å²) in [6, 6.07) is 1.57. The van der Waals surface area contributed by atoms with E-state index in [0.29, 0.717) is 12.1 Å². The van der Waals surface area contributed by atoms with Crippen LogP contribution in [0.25, 0.3) is 0 Å². The van der Waals surface area contributed by atoms with E-state index in [1.54, 1.807) is 0 Å². The van der Waals surface area contributed by atoms with Crippen LogP contribution in [0.15, 0.2) is 0 Å². The summed E-state index contributed by atoms with van der Waals surface area (Å²) in [7, 11) is 0. The first-order chi connectivity index (χ1) is 9.42. The van der Waals surface area contributed by atoms with Crippen molar-refractivity contribution in [3.63, 3.8) is 0 Å². The summed E-state index contributed by atoms with van der Waals surface area (Å²) in [5.41, 5.74) is -0.411. The number of rotatable bonds is 3. The van der Waals surface area contributed by atoms with Crippen LogP contribution in [-0.4, -0.2) is 29.8 Å². The second kappa shape index (κ2) is 6.79. The molecule has 4 nitrogen and oxygen atoms in total. The minimum atomic E-state index is -0.411. The van der Waals surface area contributed by atoms with Crippen LogP contribution in [0.1, 0.15) is 72.1 Å². The smallest absolute Gasteiger partial charge is 0.407 e. The molecule has 4 heteroatoms. The van der Waals surface area contributed by atoms with Gasteiger partial charge in [-0.05, 0) is 46.5 Å². The molecular weight excluding hydrogens is 252 g/mol. The van der Waals surface area contributed by atoms with Crippen molar-refractivity contribution >= 4 is 6.09 Å². The Balaban J connectivity index is 1.61. The van der Waals surface area contributed by atoms with Crippen molar-refractivity contribution in [2.45, 2.75) is 95.9 Å². The maximum atomic E-state index is 11.7. The minimum Gasteiger partial charge on any atom is -0.444 e. The van der Waals surface area contributed by atoms with Crippen LogP contribution >= 0.6 is 0 Å². The Bertz CT molecular complexity index is 311. The topological polar surface area (TPSA) is 50.4 Å². The number of carbonyl (C=O) groups excluding carboxylic acids is 1. The molecule has 116 valence electrons. The van der Waals surface area contributed by atoms with Crippen molar-refractivity contribution in [2.24, 2.45) is 0 Å². The molecular formula is C16H30N2O2. The molecule has 2 saturated carbocycles. The lowest BCUT2D eigenvalue weighted by atomic mass is 9.86. The number of amides is 1. The maximum Gasteiger partial charge on any atom is 0.407 e. The molecule has 0 aromatic rings. The molecule has 0 aromatic carbocycles. The zero-order valence-corrected chi connectivity index (χ0v) is 13.2. The maximum absolute atomic E-state index is 11.7. The molecule has 0 heterocycles. The first-order valence-electron chi connectivity index (χ1n) is 8.18. The normalized spacial score (nSPS) is 28.4. The van der Waals surface area contributed by atoms with Crippen LogP contribution in [0.2, 0.25) is 0 Å². The SMILES string of the molecule is CC(C)(C)OC(=O)NC1CC(NC2CCCCCC2)C1. The average Bonchev–Trinajstić information content (AvgIpc) is 2.52. The fourth-order valence-corrected chi connectivity index (χ4v) is 3.13.